The van der Waals surface area contributed by atoms with Crippen molar-refractivity contribution in [3.63, 3.8) is 0 Å². The number of hydrogen-bond donors (Lipinski definition) is 1. The topological polar surface area (TPSA) is 65.8 Å². The highest BCUT2D eigenvalue weighted by Crippen LogP contribution is 2.33. The number of nitrogens with zero attached hydrogens (tertiary/aromatic N) is 2. The minimum atomic E-state index is -0.240. The number of hydrogen-bond acceptors (Lipinski definition) is 3. The molecular weight excluding hydrogens is 334 g/mol. The molecular formula is C20H14ClN3O. The Kier molecular flexibility index (Phi) is 3.87. The summed E-state index contributed by atoms with van der Waals surface area (Å²) in [5.41, 5.74) is 4.52. The van der Waals surface area contributed by atoms with E-state index < -0.39 is 0 Å². The number of aryl methyl sites for hydroxylation is 1. The van der Waals surface area contributed by atoms with E-state index in [2.05, 4.69) is 16.4 Å². The second-order valence-electron chi connectivity index (χ2n) is 6.08. The van der Waals surface area contributed by atoms with Crippen molar-refractivity contribution in [3.05, 3.63) is 69.9 Å². The van der Waals surface area contributed by atoms with E-state index in [-0.39, 0.29) is 5.91 Å². The first kappa shape index (κ1) is 15.6. The fourth-order valence-electron chi connectivity index (χ4n) is 3.22. The molecule has 4 nitrogen and oxygen atoms in total. The first-order chi connectivity index (χ1) is 12.2. The zero-order chi connectivity index (χ0) is 17.4. The van der Waals surface area contributed by atoms with Gasteiger partial charge in [-0.1, -0.05) is 23.7 Å². The fraction of sp³-hybridized carbons (Fsp3) is 0.150. The summed E-state index contributed by atoms with van der Waals surface area (Å²) in [5.74, 6) is -0.240. The number of halogens is 1. The monoisotopic (exact) mass is 347 g/mol. The van der Waals surface area contributed by atoms with Gasteiger partial charge >= 0.3 is 0 Å². The van der Waals surface area contributed by atoms with Gasteiger partial charge < -0.3 is 5.32 Å². The van der Waals surface area contributed by atoms with Crippen molar-refractivity contribution in [2.75, 3.05) is 5.32 Å². The van der Waals surface area contributed by atoms with Gasteiger partial charge in [-0.15, -0.1) is 0 Å². The number of aromatic nitrogens is 1. The zero-order valence-electron chi connectivity index (χ0n) is 13.3. The van der Waals surface area contributed by atoms with Crippen LogP contribution in [0.3, 0.4) is 0 Å². The molecule has 1 aliphatic carbocycles. The molecule has 2 aromatic carbocycles. The number of nitriles is 1. The van der Waals surface area contributed by atoms with Crippen molar-refractivity contribution in [2.45, 2.75) is 19.3 Å². The van der Waals surface area contributed by atoms with Gasteiger partial charge in [-0.2, -0.15) is 5.26 Å². The summed E-state index contributed by atoms with van der Waals surface area (Å²) in [7, 11) is 0. The van der Waals surface area contributed by atoms with E-state index in [9.17, 15) is 4.79 Å². The number of anilines is 1. The van der Waals surface area contributed by atoms with Crippen LogP contribution in [-0.4, -0.2) is 10.9 Å². The average molecular weight is 348 g/mol. The van der Waals surface area contributed by atoms with Gasteiger partial charge in [0, 0.05) is 22.3 Å². The van der Waals surface area contributed by atoms with Crippen molar-refractivity contribution in [2.24, 2.45) is 0 Å². The maximum Gasteiger partial charge on any atom is 0.255 e. The average Bonchev–Trinajstić information content (AvgIpc) is 3.10. The minimum absolute atomic E-state index is 0.240. The van der Waals surface area contributed by atoms with Crippen LogP contribution in [-0.2, 0) is 12.8 Å². The molecule has 5 heteroatoms. The van der Waals surface area contributed by atoms with Crippen molar-refractivity contribution < 1.29 is 4.79 Å². The molecule has 0 aliphatic heterocycles. The van der Waals surface area contributed by atoms with Crippen LogP contribution in [0.15, 0.2) is 42.5 Å². The van der Waals surface area contributed by atoms with E-state index in [0.29, 0.717) is 16.8 Å². The highest BCUT2D eigenvalue weighted by atomic mass is 35.5. The van der Waals surface area contributed by atoms with Crippen molar-refractivity contribution in [3.8, 4) is 6.07 Å². The third-order valence-corrected chi connectivity index (χ3v) is 4.89. The second kappa shape index (κ2) is 6.19. The van der Waals surface area contributed by atoms with E-state index >= 15 is 0 Å². The number of pyridine rings is 1. The Bertz CT molecular complexity index is 1050. The molecule has 0 saturated heterocycles. The zero-order valence-corrected chi connectivity index (χ0v) is 14.1. The van der Waals surface area contributed by atoms with Crippen LogP contribution in [0.5, 0.6) is 0 Å². The molecule has 25 heavy (non-hydrogen) atoms. The molecule has 4 rings (SSSR count). The molecule has 122 valence electrons. The predicted molar refractivity (Wildman–Crippen MR) is 97.9 cm³/mol. The van der Waals surface area contributed by atoms with E-state index in [0.717, 1.165) is 46.4 Å². The van der Waals surface area contributed by atoms with Crippen molar-refractivity contribution >= 4 is 34.1 Å². The van der Waals surface area contributed by atoms with Gasteiger partial charge in [0.1, 0.15) is 0 Å². The first-order valence-electron chi connectivity index (χ1n) is 8.08. The molecule has 1 heterocycles. The maximum absolute atomic E-state index is 12.5. The lowest BCUT2D eigenvalue weighted by atomic mass is 10.1. The quantitative estimate of drug-likeness (QED) is 0.742. The molecule has 1 aromatic heterocycles. The van der Waals surface area contributed by atoms with Crippen LogP contribution in [0, 0.1) is 11.3 Å². The Labute approximate surface area is 150 Å². The molecule has 1 aliphatic rings. The van der Waals surface area contributed by atoms with E-state index in [1.54, 1.807) is 36.4 Å². The van der Waals surface area contributed by atoms with Gasteiger partial charge in [-0.3, -0.25) is 9.78 Å². The third-order valence-electron chi connectivity index (χ3n) is 4.45. The van der Waals surface area contributed by atoms with Crippen LogP contribution >= 0.6 is 11.6 Å². The van der Waals surface area contributed by atoms with E-state index in [4.69, 9.17) is 16.9 Å². The van der Waals surface area contributed by atoms with Gasteiger partial charge in [-0.05, 0) is 55.2 Å². The lowest BCUT2D eigenvalue weighted by Gasteiger charge is -2.09. The normalized spacial score (nSPS) is 12.6. The van der Waals surface area contributed by atoms with Crippen LogP contribution in [0.25, 0.3) is 10.9 Å². The standard InChI is InChI=1S/C20H14ClN3O/c21-19-15-5-2-6-17(15)24-18-10-13(7-8-16(18)19)20(25)23-14-4-1-3-12(9-14)11-22/h1,3-4,7-10H,2,5-6H2,(H,23,25). The second-order valence-corrected chi connectivity index (χ2v) is 6.46. The smallest absolute Gasteiger partial charge is 0.255 e. The number of rotatable bonds is 2. The fourth-order valence-corrected chi connectivity index (χ4v) is 3.58. The molecule has 0 radical (unpaired) electrons. The number of amides is 1. The van der Waals surface area contributed by atoms with Crippen LogP contribution in [0.4, 0.5) is 5.69 Å². The maximum atomic E-state index is 12.5. The summed E-state index contributed by atoms with van der Waals surface area (Å²) in [6.07, 6.45) is 2.97. The van der Waals surface area contributed by atoms with E-state index in [1.807, 2.05) is 6.07 Å². The summed E-state index contributed by atoms with van der Waals surface area (Å²) in [6.45, 7) is 0. The van der Waals surface area contributed by atoms with Crippen LogP contribution in [0.1, 0.15) is 33.6 Å². The Balaban J connectivity index is 1.68. The predicted octanol–water partition coefficient (Wildman–Crippen LogP) is 4.50. The van der Waals surface area contributed by atoms with E-state index in [1.165, 1.54) is 0 Å². The molecule has 3 aromatic rings. The Morgan fingerprint density at radius 2 is 2.08 bits per heavy atom. The highest BCUT2D eigenvalue weighted by Gasteiger charge is 2.19. The molecule has 1 N–H and O–H groups in total. The Morgan fingerprint density at radius 3 is 2.92 bits per heavy atom. The minimum Gasteiger partial charge on any atom is -0.322 e. The lowest BCUT2D eigenvalue weighted by molar-refractivity contribution is 0.102. The Morgan fingerprint density at radius 1 is 1.20 bits per heavy atom. The van der Waals surface area contributed by atoms with Gasteiger partial charge in [0.05, 0.1) is 22.2 Å². The summed E-state index contributed by atoms with van der Waals surface area (Å²) in [5, 5.41) is 13.4. The third kappa shape index (κ3) is 2.84. The molecule has 1 amide bonds. The Hall–Kier alpha value is -2.90. The number of fused-ring (bicyclic) bond motifs is 2. The van der Waals surface area contributed by atoms with Crippen LogP contribution in [0.2, 0.25) is 5.02 Å². The SMILES string of the molecule is N#Cc1cccc(NC(=O)c2ccc3c(Cl)c4c(nc3c2)CCC4)c1. The molecule has 0 bridgehead atoms. The van der Waals surface area contributed by atoms with Crippen molar-refractivity contribution in [1.82, 2.24) is 4.98 Å². The summed E-state index contributed by atoms with van der Waals surface area (Å²) in [6, 6.07) is 14.2. The first-order valence-corrected chi connectivity index (χ1v) is 8.46. The van der Waals surface area contributed by atoms with Gasteiger partial charge in [0.2, 0.25) is 0 Å². The summed E-state index contributed by atoms with van der Waals surface area (Å²) in [4.78, 5) is 17.2. The van der Waals surface area contributed by atoms with Gasteiger partial charge in [0.25, 0.3) is 5.91 Å². The van der Waals surface area contributed by atoms with Gasteiger partial charge in [-0.25, -0.2) is 0 Å². The number of carbonyl (C=O) groups excluding carboxylic acids is 1. The number of benzene rings is 2. The lowest BCUT2D eigenvalue weighted by Crippen LogP contribution is -2.12. The number of nitrogens with one attached hydrogen (secondary N) is 1. The largest absolute Gasteiger partial charge is 0.322 e. The van der Waals surface area contributed by atoms with Gasteiger partial charge in [0.15, 0.2) is 0 Å². The van der Waals surface area contributed by atoms with Crippen LogP contribution < -0.4 is 5.32 Å². The molecule has 0 unspecified atom stereocenters. The number of carbonyl (C=O) groups is 1. The molecule has 0 saturated carbocycles. The molecule has 0 fully saturated rings. The summed E-state index contributed by atoms with van der Waals surface area (Å²) < 4.78 is 0. The molecule has 0 atom stereocenters. The van der Waals surface area contributed by atoms with Crippen molar-refractivity contribution in [1.29, 1.82) is 5.26 Å². The molecule has 0 spiro atoms. The highest BCUT2D eigenvalue weighted by molar-refractivity contribution is 6.36. The summed E-state index contributed by atoms with van der Waals surface area (Å²) >= 11 is 6.51.